The number of carbonyl (C=O) groups is 1. The third kappa shape index (κ3) is 3.12. The van der Waals surface area contributed by atoms with Crippen molar-refractivity contribution in [3.8, 4) is 0 Å². The monoisotopic (exact) mass is 239 g/mol. The van der Waals surface area contributed by atoms with Gasteiger partial charge in [-0.05, 0) is 37.5 Å². The molecule has 0 radical (unpaired) electrons. The first-order valence-electron chi connectivity index (χ1n) is 6.99. The summed E-state index contributed by atoms with van der Waals surface area (Å²) in [6.07, 6.45) is 5.62. The molecule has 0 aromatic heterocycles. The van der Waals surface area contributed by atoms with E-state index in [4.69, 9.17) is 5.73 Å². The summed E-state index contributed by atoms with van der Waals surface area (Å²) in [6.45, 7) is 4.80. The lowest BCUT2D eigenvalue weighted by atomic mass is 9.79. The number of fused-ring (bicyclic) bond motifs is 1. The number of hydrogen-bond donors (Lipinski definition) is 2. The van der Waals surface area contributed by atoms with Crippen LogP contribution in [0.5, 0.6) is 0 Å². The lowest BCUT2D eigenvalue weighted by Gasteiger charge is -2.27. The number of nitrogens with two attached hydrogens (primary N) is 1. The summed E-state index contributed by atoms with van der Waals surface area (Å²) in [5.74, 6) is 1.35. The van der Waals surface area contributed by atoms with Crippen molar-refractivity contribution in [2.24, 2.45) is 17.6 Å². The highest BCUT2D eigenvalue weighted by atomic mass is 16.2. The van der Waals surface area contributed by atoms with Gasteiger partial charge in [-0.25, -0.2) is 4.79 Å². The molecule has 3 atom stereocenters. The number of nitrogens with one attached hydrogen (secondary N) is 1. The second-order valence-electron chi connectivity index (χ2n) is 5.58. The Morgan fingerprint density at radius 3 is 2.88 bits per heavy atom. The van der Waals surface area contributed by atoms with Gasteiger partial charge in [0.05, 0.1) is 0 Å². The zero-order chi connectivity index (χ0) is 12.3. The molecule has 4 heteroatoms. The number of urea groups is 1. The number of unbranched alkanes of at least 4 members (excludes halogenated alkanes) is 1. The van der Waals surface area contributed by atoms with Crippen LogP contribution in [0.25, 0.3) is 0 Å². The van der Waals surface area contributed by atoms with Gasteiger partial charge in [-0.2, -0.15) is 0 Å². The van der Waals surface area contributed by atoms with Crippen molar-refractivity contribution in [3.05, 3.63) is 0 Å². The van der Waals surface area contributed by atoms with Crippen LogP contribution in [-0.4, -0.2) is 36.6 Å². The molecule has 2 aliphatic rings. The predicted octanol–water partition coefficient (Wildman–Crippen LogP) is 1.56. The van der Waals surface area contributed by atoms with Crippen LogP contribution >= 0.6 is 0 Å². The maximum Gasteiger partial charge on any atom is 0.317 e. The lowest BCUT2D eigenvalue weighted by Crippen LogP contribution is -2.39. The van der Waals surface area contributed by atoms with Crippen molar-refractivity contribution in [2.75, 3.05) is 19.6 Å². The maximum atomic E-state index is 11.9. The molecule has 4 nitrogen and oxygen atoms in total. The molecule has 1 saturated carbocycles. The summed E-state index contributed by atoms with van der Waals surface area (Å²) in [6, 6.07) is 0.487. The fourth-order valence-corrected chi connectivity index (χ4v) is 3.12. The second-order valence-corrected chi connectivity index (χ2v) is 5.58. The highest BCUT2D eigenvalue weighted by Crippen LogP contribution is 2.35. The first kappa shape index (κ1) is 12.7. The van der Waals surface area contributed by atoms with Gasteiger partial charge >= 0.3 is 6.03 Å². The molecule has 0 bridgehead atoms. The van der Waals surface area contributed by atoms with Crippen molar-refractivity contribution in [2.45, 2.75) is 45.1 Å². The van der Waals surface area contributed by atoms with Gasteiger partial charge in [-0.1, -0.05) is 13.3 Å². The van der Waals surface area contributed by atoms with E-state index in [1.165, 1.54) is 6.42 Å². The van der Waals surface area contributed by atoms with Crippen molar-refractivity contribution >= 4 is 6.03 Å². The molecular weight excluding hydrogens is 214 g/mol. The van der Waals surface area contributed by atoms with Crippen LogP contribution in [0.15, 0.2) is 0 Å². The van der Waals surface area contributed by atoms with E-state index in [-0.39, 0.29) is 6.03 Å². The van der Waals surface area contributed by atoms with Gasteiger partial charge in [0.25, 0.3) is 0 Å². The fraction of sp³-hybridized carbons (Fsp3) is 0.923. The molecule has 2 fully saturated rings. The Kier molecular flexibility index (Phi) is 4.26. The van der Waals surface area contributed by atoms with E-state index in [2.05, 4.69) is 12.2 Å². The smallest absolute Gasteiger partial charge is 0.317 e. The molecule has 0 aromatic carbocycles. The van der Waals surface area contributed by atoms with Crippen LogP contribution in [0.1, 0.15) is 39.0 Å². The average molecular weight is 239 g/mol. The number of amides is 2. The van der Waals surface area contributed by atoms with Gasteiger partial charge in [0.2, 0.25) is 0 Å². The van der Waals surface area contributed by atoms with Crippen molar-refractivity contribution in [1.29, 1.82) is 0 Å². The van der Waals surface area contributed by atoms with E-state index in [1.807, 2.05) is 4.90 Å². The topological polar surface area (TPSA) is 58.4 Å². The van der Waals surface area contributed by atoms with Crippen LogP contribution in [0.3, 0.4) is 0 Å². The Labute approximate surface area is 104 Å². The third-order valence-corrected chi connectivity index (χ3v) is 4.18. The fourth-order valence-electron chi connectivity index (χ4n) is 3.12. The molecule has 1 unspecified atom stereocenters. The first-order chi connectivity index (χ1) is 8.20. The normalized spacial score (nSPS) is 32.4. The Morgan fingerprint density at radius 2 is 2.12 bits per heavy atom. The van der Waals surface area contributed by atoms with E-state index >= 15 is 0 Å². The minimum Gasteiger partial charge on any atom is -0.338 e. The van der Waals surface area contributed by atoms with Crippen LogP contribution < -0.4 is 11.1 Å². The third-order valence-electron chi connectivity index (χ3n) is 4.18. The van der Waals surface area contributed by atoms with E-state index in [0.29, 0.717) is 17.9 Å². The highest BCUT2D eigenvalue weighted by Gasteiger charge is 2.38. The SMILES string of the molecule is CCCCNC(=O)N1C[C@H]2CC(N)CC[C@H]2C1. The minimum absolute atomic E-state index is 0.126. The first-order valence-corrected chi connectivity index (χ1v) is 6.99. The number of nitrogens with zero attached hydrogens (tertiary/aromatic N) is 1. The molecule has 2 rings (SSSR count). The molecule has 1 saturated heterocycles. The molecule has 0 aromatic rings. The quantitative estimate of drug-likeness (QED) is 0.734. The summed E-state index contributed by atoms with van der Waals surface area (Å²) < 4.78 is 0. The number of rotatable bonds is 3. The van der Waals surface area contributed by atoms with Gasteiger partial charge in [-0.3, -0.25) is 0 Å². The van der Waals surface area contributed by atoms with Crippen LogP contribution in [-0.2, 0) is 0 Å². The molecule has 0 spiro atoms. The molecule has 1 heterocycles. The van der Waals surface area contributed by atoms with Gasteiger partial charge in [0, 0.05) is 25.7 Å². The van der Waals surface area contributed by atoms with E-state index in [9.17, 15) is 4.79 Å². The summed E-state index contributed by atoms with van der Waals surface area (Å²) in [5.41, 5.74) is 5.99. The van der Waals surface area contributed by atoms with Gasteiger partial charge in [0.15, 0.2) is 0 Å². The summed E-state index contributed by atoms with van der Waals surface area (Å²) in [5, 5.41) is 3.00. The average Bonchev–Trinajstić information content (AvgIpc) is 2.72. The summed E-state index contributed by atoms with van der Waals surface area (Å²) in [7, 11) is 0. The molecule has 1 aliphatic heterocycles. The molecular formula is C13H25N3O. The Bertz CT molecular complexity index is 269. The lowest BCUT2D eigenvalue weighted by molar-refractivity contribution is 0.206. The van der Waals surface area contributed by atoms with Crippen LogP contribution in [0.4, 0.5) is 4.79 Å². The molecule has 1 aliphatic carbocycles. The zero-order valence-electron chi connectivity index (χ0n) is 10.8. The highest BCUT2D eigenvalue weighted by molar-refractivity contribution is 5.74. The Hall–Kier alpha value is -0.770. The maximum absolute atomic E-state index is 11.9. The zero-order valence-corrected chi connectivity index (χ0v) is 10.8. The Morgan fingerprint density at radius 1 is 1.35 bits per heavy atom. The largest absolute Gasteiger partial charge is 0.338 e. The summed E-state index contributed by atoms with van der Waals surface area (Å²) in [4.78, 5) is 13.9. The minimum atomic E-state index is 0.126. The van der Waals surface area contributed by atoms with E-state index < -0.39 is 0 Å². The van der Waals surface area contributed by atoms with Crippen molar-refractivity contribution in [3.63, 3.8) is 0 Å². The Balaban J connectivity index is 1.78. The van der Waals surface area contributed by atoms with E-state index in [0.717, 1.165) is 45.3 Å². The van der Waals surface area contributed by atoms with Gasteiger partial charge in [-0.15, -0.1) is 0 Å². The van der Waals surface area contributed by atoms with Crippen molar-refractivity contribution in [1.82, 2.24) is 10.2 Å². The van der Waals surface area contributed by atoms with Crippen LogP contribution in [0, 0.1) is 11.8 Å². The van der Waals surface area contributed by atoms with Crippen LogP contribution in [0.2, 0.25) is 0 Å². The summed E-state index contributed by atoms with van der Waals surface area (Å²) >= 11 is 0. The molecule has 2 amide bonds. The predicted molar refractivity (Wildman–Crippen MR) is 68.7 cm³/mol. The molecule has 17 heavy (non-hydrogen) atoms. The van der Waals surface area contributed by atoms with Crippen molar-refractivity contribution < 1.29 is 4.79 Å². The molecule has 3 N–H and O–H groups in total. The van der Waals surface area contributed by atoms with E-state index in [1.54, 1.807) is 0 Å². The van der Waals surface area contributed by atoms with Gasteiger partial charge in [0.1, 0.15) is 0 Å². The standard InChI is InChI=1S/C13H25N3O/c1-2-3-6-15-13(17)16-8-10-4-5-12(14)7-11(10)9-16/h10-12H,2-9,14H2,1H3,(H,15,17)/t10-,11+,12?/m0/s1. The molecule has 98 valence electrons. The number of carbonyl (C=O) groups excluding carboxylic acids is 1. The number of likely N-dealkylation sites (tertiary alicyclic amines) is 1. The second kappa shape index (κ2) is 5.71. The number of hydrogen-bond acceptors (Lipinski definition) is 2. The van der Waals surface area contributed by atoms with Gasteiger partial charge < -0.3 is 16.0 Å².